The van der Waals surface area contributed by atoms with Gasteiger partial charge in [-0.3, -0.25) is 9.59 Å². The largest absolute Gasteiger partial charge is 0.382 e. The summed E-state index contributed by atoms with van der Waals surface area (Å²) in [6, 6.07) is 5.52. The van der Waals surface area contributed by atoms with Crippen molar-refractivity contribution in [1.29, 1.82) is 0 Å². The Hall–Kier alpha value is -2.77. The zero-order valence-electron chi connectivity index (χ0n) is 8.54. The highest BCUT2D eigenvalue weighted by atomic mass is 16.2. The summed E-state index contributed by atoms with van der Waals surface area (Å²) in [5, 5.41) is 15.4. The van der Waals surface area contributed by atoms with Gasteiger partial charge in [0.1, 0.15) is 5.82 Å². The molecule has 2 rings (SSSR count). The number of hydrogen-bond acceptors (Lipinski definition) is 6. The van der Waals surface area contributed by atoms with Gasteiger partial charge in [-0.05, 0) is 18.2 Å². The molecule has 0 aliphatic rings. The lowest BCUT2D eigenvalue weighted by atomic mass is 10.3. The van der Waals surface area contributed by atoms with Gasteiger partial charge < -0.3 is 11.1 Å². The Balaban J connectivity index is 2.14. The number of H-pyrrole nitrogens is 1. The number of carbonyl (C=O) groups excluding carboxylic acids is 1. The number of nitrogens with one attached hydrogen (secondary N) is 2. The summed E-state index contributed by atoms with van der Waals surface area (Å²) < 4.78 is 0. The summed E-state index contributed by atoms with van der Waals surface area (Å²) in [6.07, 6.45) is 0. The van der Waals surface area contributed by atoms with Crippen LogP contribution in [-0.2, 0) is 0 Å². The standard InChI is InChI=1S/C9H8N6O2/c10-6-2-1-5(12-13-6)9(17)11-7-3-4-8(16)15-14-7/h1-4H,(H2,10,13)(H,15,16)(H,11,14,17). The van der Waals surface area contributed by atoms with E-state index < -0.39 is 5.91 Å². The maximum atomic E-state index is 11.6. The first-order valence-corrected chi connectivity index (χ1v) is 4.61. The van der Waals surface area contributed by atoms with Crippen LogP contribution in [0.5, 0.6) is 0 Å². The molecule has 17 heavy (non-hydrogen) atoms. The Morgan fingerprint density at radius 1 is 1.24 bits per heavy atom. The highest BCUT2D eigenvalue weighted by Crippen LogP contribution is 2.02. The van der Waals surface area contributed by atoms with Crippen LogP contribution in [-0.4, -0.2) is 26.3 Å². The first kappa shape index (κ1) is 10.7. The van der Waals surface area contributed by atoms with Crippen LogP contribution >= 0.6 is 0 Å². The average Bonchev–Trinajstić information content (AvgIpc) is 2.33. The number of amides is 1. The smallest absolute Gasteiger partial charge is 0.277 e. The molecule has 0 radical (unpaired) electrons. The third kappa shape index (κ3) is 2.62. The van der Waals surface area contributed by atoms with Crippen LogP contribution in [0.15, 0.2) is 29.1 Å². The molecule has 0 unspecified atom stereocenters. The van der Waals surface area contributed by atoms with E-state index in [1.165, 1.54) is 24.3 Å². The Morgan fingerprint density at radius 3 is 2.65 bits per heavy atom. The number of nitrogens with two attached hydrogens (primary N) is 1. The summed E-state index contributed by atoms with van der Waals surface area (Å²) in [6.45, 7) is 0. The number of aromatic nitrogens is 4. The maximum Gasteiger partial charge on any atom is 0.277 e. The fraction of sp³-hybridized carbons (Fsp3) is 0. The summed E-state index contributed by atoms with van der Waals surface area (Å²) in [7, 11) is 0. The summed E-state index contributed by atoms with van der Waals surface area (Å²) >= 11 is 0. The van der Waals surface area contributed by atoms with Gasteiger partial charge in [0.15, 0.2) is 11.5 Å². The van der Waals surface area contributed by atoms with Gasteiger partial charge in [0, 0.05) is 6.07 Å². The van der Waals surface area contributed by atoms with Crippen LogP contribution in [0.3, 0.4) is 0 Å². The summed E-state index contributed by atoms with van der Waals surface area (Å²) in [5.74, 6) is -0.0472. The first-order valence-electron chi connectivity index (χ1n) is 4.61. The van der Waals surface area contributed by atoms with E-state index in [1.54, 1.807) is 0 Å². The molecule has 2 aromatic rings. The molecule has 0 aromatic carbocycles. The van der Waals surface area contributed by atoms with Crippen LogP contribution in [0.25, 0.3) is 0 Å². The van der Waals surface area contributed by atoms with Gasteiger partial charge in [-0.15, -0.1) is 10.2 Å². The van der Waals surface area contributed by atoms with Gasteiger partial charge >= 0.3 is 0 Å². The highest BCUT2D eigenvalue weighted by Gasteiger charge is 2.08. The molecule has 2 aromatic heterocycles. The third-order valence-corrected chi connectivity index (χ3v) is 1.84. The maximum absolute atomic E-state index is 11.6. The van der Waals surface area contributed by atoms with Crippen molar-refractivity contribution in [3.8, 4) is 0 Å². The van der Waals surface area contributed by atoms with E-state index in [-0.39, 0.29) is 22.9 Å². The minimum Gasteiger partial charge on any atom is -0.382 e. The molecule has 0 aliphatic carbocycles. The molecular formula is C9H8N6O2. The third-order valence-electron chi connectivity index (χ3n) is 1.84. The van der Waals surface area contributed by atoms with Crippen LogP contribution in [0, 0.1) is 0 Å². The van der Waals surface area contributed by atoms with Crippen molar-refractivity contribution in [2.45, 2.75) is 0 Å². The van der Waals surface area contributed by atoms with Gasteiger partial charge in [-0.25, -0.2) is 5.10 Å². The molecule has 4 N–H and O–H groups in total. The summed E-state index contributed by atoms with van der Waals surface area (Å²) in [5.41, 5.74) is 5.09. The van der Waals surface area contributed by atoms with Crippen LogP contribution in [0.1, 0.15) is 10.5 Å². The number of nitrogens with zero attached hydrogens (tertiary/aromatic N) is 3. The van der Waals surface area contributed by atoms with Crippen LogP contribution in [0.2, 0.25) is 0 Å². The fourth-order valence-corrected chi connectivity index (χ4v) is 1.06. The van der Waals surface area contributed by atoms with Gasteiger partial charge in [-0.1, -0.05) is 0 Å². The van der Waals surface area contributed by atoms with Crippen LogP contribution in [0.4, 0.5) is 11.6 Å². The second-order valence-corrected chi connectivity index (χ2v) is 3.10. The van der Waals surface area contributed by atoms with Gasteiger partial charge in [0.05, 0.1) is 0 Å². The minimum absolute atomic E-state index is 0.104. The van der Waals surface area contributed by atoms with Gasteiger partial charge in [0.2, 0.25) is 0 Å². The second-order valence-electron chi connectivity index (χ2n) is 3.10. The Morgan fingerprint density at radius 2 is 2.06 bits per heavy atom. The van der Waals surface area contributed by atoms with E-state index >= 15 is 0 Å². The molecule has 0 atom stereocenters. The van der Waals surface area contributed by atoms with E-state index in [0.29, 0.717) is 0 Å². The van der Waals surface area contributed by atoms with E-state index in [0.717, 1.165) is 0 Å². The monoisotopic (exact) mass is 232 g/mol. The van der Waals surface area contributed by atoms with E-state index in [1.807, 2.05) is 0 Å². The zero-order valence-corrected chi connectivity index (χ0v) is 8.54. The van der Waals surface area contributed by atoms with Crippen molar-refractivity contribution in [2.75, 3.05) is 11.1 Å². The lowest BCUT2D eigenvalue weighted by Crippen LogP contribution is -2.17. The molecule has 0 saturated heterocycles. The number of hydrogen-bond donors (Lipinski definition) is 3. The molecule has 0 saturated carbocycles. The minimum atomic E-state index is -0.489. The lowest BCUT2D eigenvalue weighted by molar-refractivity contribution is 0.102. The average molecular weight is 232 g/mol. The predicted molar refractivity (Wildman–Crippen MR) is 59.3 cm³/mol. The zero-order chi connectivity index (χ0) is 12.3. The molecule has 0 fully saturated rings. The van der Waals surface area contributed by atoms with Crippen LogP contribution < -0.4 is 16.6 Å². The topological polar surface area (TPSA) is 127 Å². The first-order chi connectivity index (χ1) is 8.15. The molecule has 2 heterocycles. The van der Waals surface area contributed by atoms with E-state index in [2.05, 4.69) is 25.7 Å². The van der Waals surface area contributed by atoms with Crippen molar-refractivity contribution in [3.05, 3.63) is 40.3 Å². The number of carbonyl (C=O) groups is 1. The molecular weight excluding hydrogens is 224 g/mol. The SMILES string of the molecule is Nc1ccc(C(=O)Nc2ccc(=O)[nH]n2)nn1. The van der Waals surface area contributed by atoms with Crippen molar-refractivity contribution in [2.24, 2.45) is 0 Å². The van der Waals surface area contributed by atoms with Gasteiger partial charge in [0.25, 0.3) is 11.5 Å². The Bertz CT molecular complexity index is 571. The van der Waals surface area contributed by atoms with Crippen molar-refractivity contribution in [1.82, 2.24) is 20.4 Å². The summed E-state index contributed by atoms with van der Waals surface area (Å²) in [4.78, 5) is 22.4. The molecule has 86 valence electrons. The highest BCUT2D eigenvalue weighted by molar-refractivity contribution is 6.02. The fourth-order valence-electron chi connectivity index (χ4n) is 1.06. The van der Waals surface area contributed by atoms with Crippen molar-refractivity contribution < 1.29 is 4.79 Å². The van der Waals surface area contributed by atoms with Crippen molar-refractivity contribution >= 4 is 17.5 Å². The molecule has 8 nitrogen and oxygen atoms in total. The second kappa shape index (κ2) is 4.39. The molecule has 0 spiro atoms. The quantitative estimate of drug-likeness (QED) is 0.634. The number of anilines is 2. The number of aromatic amines is 1. The molecule has 1 amide bonds. The molecule has 0 aliphatic heterocycles. The lowest BCUT2D eigenvalue weighted by Gasteiger charge is -2.01. The van der Waals surface area contributed by atoms with E-state index in [4.69, 9.17) is 5.73 Å². The number of rotatable bonds is 2. The van der Waals surface area contributed by atoms with Gasteiger partial charge in [-0.2, -0.15) is 5.10 Å². The normalized spacial score (nSPS) is 9.88. The van der Waals surface area contributed by atoms with E-state index in [9.17, 15) is 9.59 Å². The Kier molecular flexibility index (Phi) is 2.77. The van der Waals surface area contributed by atoms with Crippen molar-refractivity contribution in [3.63, 3.8) is 0 Å². The molecule has 0 bridgehead atoms. The molecule has 8 heteroatoms. The number of nitrogen functional groups attached to an aromatic ring is 1. The predicted octanol–water partition coefficient (Wildman–Crippen LogP) is -0.606. The Labute approximate surface area is 94.9 Å².